The quantitative estimate of drug-likeness (QED) is 0.762. The van der Waals surface area contributed by atoms with Crippen molar-refractivity contribution in [1.82, 2.24) is 9.99 Å². The molecule has 0 atom stereocenters. The van der Waals surface area contributed by atoms with E-state index >= 15 is 0 Å². The Labute approximate surface area is 117 Å². The van der Waals surface area contributed by atoms with E-state index in [4.69, 9.17) is 11.6 Å². The van der Waals surface area contributed by atoms with Gasteiger partial charge in [0, 0.05) is 0 Å². The summed E-state index contributed by atoms with van der Waals surface area (Å²) in [5, 5.41) is 3.18. The highest BCUT2D eigenvalue weighted by molar-refractivity contribution is 9.10. The summed E-state index contributed by atoms with van der Waals surface area (Å²) in [5.74, 6) is -0.301. The summed E-state index contributed by atoms with van der Waals surface area (Å²) < 4.78 is 1.60. The minimum Gasteiger partial charge on any atom is -0.327 e. The Kier molecular flexibility index (Phi) is 2.67. The minimum absolute atomic E-state index is 0.169. The predicted molar refractivity (Wildman–Crippen MR) is 71.4 cm³/mol. The van der Waals surface area contributed by atoms with Crippen molar-refractivity contribution < 1.29 is 4.79 Å². The maximum absolute atomic E-state index is 12.1. The molecule has 0 saturated heterocycles. The lowest BCUT2D eigenvalue weighted by Gasteiger charge is -2.38. The van der Waals surface area contributed by atoms with Crippen molar-refractivity contribution in [2.75, 3.05) is 5.43 Å². The van der Waals surface area contributed by atoms with E-state index in [1.807, 2.05) is 0 Å². The Morgan fingerprint density at radius 3 is 2.67 bits per heavy atom. The summed E-state index contributed by atoms with van der Waals surface area (Å²) in [6.07, 6.45) is 3.68. The van der Waals surface area contributed by atoms with Crippen LogP contribution in [0.2, 0.25) is 5.02 Å². The maximum Gasteiger partial charge on any atom is 0.284 e. The van der Waals surface area contributed by atoms with Gasteiger partial charge >= 0.3 is 0 Å². The molecule has 0 radical (unpaired) electrons. The van der Waals surface area contributed by atoms with E-state index in [0.717, 1.165) is 25.7 Å². The molecule has 3 rings (SSSR count). The number of halogens is 2. The van der Waals surface area contributed by atoms with Crippen molar-refractivity contribution in [3.8, 4) is 0 Å². The first-order chi connectivity index (χ1) is 8.52. The number of carbonyl (C=O) groups excluding carboxylic acids is 1. The van der Waals surface area contributed by atoms with Crippen LogP contribution in [0.3, 0.4) is 0 Å². The Hall–Kier alpha value is -1.01. The summed E-state index contributed by atoms with van der Waals surface area (Å²) in [6.45, 7) is 0. The van der Waals surface area contributed by atoms with Gasteiger partial charge in [0.15, 0.2) is 0 Å². The Morgan fingerprint density at radius 1 is 1.33 bits per heavy atom. The number of fused-ring (bicyclic) bond motifs is 1. The second-order valence-corrected chi connectivity index (χ2v) is 5.95. The van der Waals surface area contributed by atoms with Crippen molar-refractivity contribution in [3.05, 3.63) is 31.6 Å². The molecule has 1 aromatic heterocycles. The maximum atomic E-state index is 12.1. The highest BCUT2D eigenvalue weighted by atomic mass is 79.9. The van der Waals surface area contributed by atoms with E-state index in [-0.39, 0.29) is 22.2 Å². The standard InChI is InChI=1S/C11H11BrClN3O2/c12-6-5-7(13)8-9(17)14-11(3-1-2-4-11)15-16(8)10(6)18/h5,15H,1-4H2,(H,14,17). The second-order valence-electron chi connectivity index (χ2n) is 4.68. The molecule has 7 heteroatoms. The molecule has 2 aliphatic rings. The van der Waals surface area contributed by atoms with Gasteiger partial charge in [-0.3, -0.25) is 15.0 Å². The van der Waals surface area contributed by atoms with E-state index in [1.165, 1.54) is 10.7 Å². The van der Waals surface area contributed by atoms with E-state index in [1.54, 1.807) is 0 Å². The molecule has 1 fully saturated rings. The van der Waals surface area contributed by atoms with Crippen molar-refractivity contribution >= 4 is 33.4 Å². The second kappa shape index (κ2) is 3.99. The molecule has 2 N–H and O–H groups in total. The van der Waals surface area contributed by atoms with E-state index in [2.05, 4.69) is 26.7 Å². The summed E-state index contributed by atoms with van der Waals surface area (Å²) >= 11 is 9.17. The van der Waals surface area contributed by atoms with Crippen LogP contribution in [0.4, 0.5) is 0 Å². The molecule has 0 bridgehead atoms. The molecular weight excluding hydrogens is 321 g/mol. The van der Waals surface area contributed by atoms with Crippen molar-refractivity contribution in [2.45, 2.75) is 31.3 Å². The molecule has 1 amide bonds. The first-order valence-corrected chi connectivity index (χ1v) is 6.91. The number of carbonyl (C=O) groups is 1. The Bertz CT molecular complexity index is 593. The Morgan fingerprint density at radius 2 is 2.00 bits per heavy atom. The molecule has 96 valence electrons. The molecule has 1 aliphatic carbocycles. The number of aromatic nitrogens is 1. The van der Waals surface area contributed by atoms with Gasteiger partial charge in [0.05, 0.1) is 9.50 Å². The van der Waals surface area contributed by atoms with Crippen molar-refractivity contribution in [3.63, 3.8) is 0 Å². The lowest BCUT2D eigenvalue weighted by atomic mass is 10.1. The van der Waals surface area contributed by atoms with Crippen LogP contribution in [-0.2, 0) is 0 Å². The van der Waals surface area contributed by atoms with Crippen LogP contribution in [0.15, 0.2) is 15.3 Å². The van der Waals surface area contributed by atoms with Gasteiger partial charge in [0.2, 0.25) is 0 Å². The van der Waals surface area contributed by atoms with Crippen LogP contribution in [0.5, 0.6) is 0 Å². The van der Waals surface area contributed by atoms with Crippen LogP contribution >= 0.6 is 27.5 Å². The third-order valence-electron chi connectivity index (χ3n) is 3.46. The van der Waals surface area contributed by atoms with Gasteiger partial charge in [0.1, 0.15) is 11.4 Å². The smallest absolute Gasteiger partial charge is 0.284 e. The lowest BCUT2D eigenvalue weighted by molar-refractivity contribution is 0.0869. The highest BCUT2D eigenvalue weighted by Crippen LogP contribution is 2.31. The fraction of sp³-hybridized carbons (Fsp3) is 0.455. The predicted octanol–water partition coefficient (Wildman–Crippen LogP) is 1.82. The van der Waals surface area contributed by atoms with Crippen LogP contribution in [0.25, 0.3) is 0 Å². The zero-order valence-corrected chi connectivity index (χ0v) is 11.8. The molecule has 1 spiro atoms. The summed E-state index contributed by atoms with van der Waals surface area (Å²) in [7, 11) is 0. The van der Waals surface area contributed by atoms with Crippen molar-refractivity contribution in [2.24, 2.45) is 0 Å². The zero-order valence-electron chi connectivity index (χ0n) is 9.43. The van der Waals surface area contributed by atoms with E-state index in [9.17, 15) is 9.59 Å². The first-order valence-electron chi connectivity index (χ1n) is 5.74. The zero-order chi connectivity index (χ0) is 12.9. The average Bonchev–Trinajstić information content (AvgIpc) is 2.73. The molecule has 1 saturated carbocycles. The summed E-state index contributed by atoms with van der Waals surface area (Å²) in [6, 6.07) is 1.45. The van der Waals surface area contributed by atoms with Gasteiger partial charge in [-0.2, -0.15) is 0 Å². The molecule has 2 heterocycles. The third kappa shape index (κ3) is 1.66. The molecule has 0 unspecified atom stereocenters. The number of amides is 1. The van der Waals surface area contributed by atoms with Gasteiger partial charge in [-0.1, -0.05) is 11.6 Å². The molecular formula is C11H11BrClN3O2. The monoisotopic (exact) mass is 331 g/mol. The van der Waals surface area contributed by atoms with Crippen molar-refractivity contribution in [1.29, 1.82) is 0 Å². The average molecular weight is 333 g/mol. The lowest BCUT2D eigenvalue weighted by Crippen LogP contribution is -2.62. The highest BCUT2D eigenvalue weighted by Gasteiger charge is 2.41. The fourth-order valence-corrected chi connectivity index (χ4v) is 3.42. The number of rotatable bonds is 0. The minimum atomic E-state index is -0.502. The van der Waals surface area contributed by atoms with Gasteiger partial charge < -0.3 is 5.32 Å². The van der Waals surface area contributed by atoms with Crippen LogP contribution in [0.1, 0.15) is 36.2 Å². The molecule has 5 nitrogen and oxygen atoms in total. The molecule has 18 heavy (non-hydrogen) atoms. The SMILES string of the molecule is O=C1NC2(CCCC2)Nn2c1c(Cl)cc(Br)c2=O. The van der Waals surface area contributed by atoms with Gasteiger partial charge in [-0.15, -0.1) is 0 Å². The van der Waals surface area contributed by atoms with Crippen LogP contribution in [-0.4, -0.2) is 16.2 Å². The summed E-state index contributed by atoms with van der Waals surface area (Å²) in [5.41, 5.74) is 2.48. The molecule has 1 aromatic rings. The van der Waals surface area contributed by atoms with Gasteiger partial charge in [0.25, 0.3) is 11.5 Å². The number of pyridine rings is 1. The van der Waals surface area contributed by atoms with Gasteiger partial charge in [-0.05, 0) is 47.7 Å². The first kappa shape index (κ1) is 12.0. The Balaban J connectivity index is 2.19. The fourth-order valence-electron chi connectivity index (χ4n) is 2.61. The summed E-state index contributed by atoms with van der Waals surface area (Å²) in [4.78, 5) is 24.2. The third-order valence-corrected chi connectivity index (χ3v) is 4.32. The number of nitrogens with zero attached hydrogens (tertiary/aromatic N) is 1. The van der Waals surface area contributed by atoms with Crippen LogP contribution in [0, 0.1) is 0 Å². The van der Waals surface area contributed by atoms with E-state index in [0.29, 0.717) is 4.47 Å². The topological polar surface area (TPSA) is 63.1 Å². The van der Waals surface area contributed by atoms with Crippen LogP contribution < -0.4 is 16.3 Å². The molecule has 0 aromatic carbocycles. The number of hydrogen-bond acceptors (Lipinski definition) is 3. The number of hydrogen-bond donors (Lipinski definition) is 2. The largest absolute Gasteiger partial charge is 0.327 e. The van der Waals surface area contributed by atoms with Gasteiger partial charge in [-0.25, -0.2) is 4.68 Å². The molecule has 1 aliphatic heterocycles. The normalized spacial score (nSPS) is 20.4. The van der Waals surface area contributed by atoms with E-state index < -0.39 is 5.66 Å². The number of nitrogens with one attached hydrogen (secondary N) is 2.